The molecule has 2 aliphatic rings. The summed E-state index contributed by atoms with van der Waals surface area (Å²) >= 11 is 0. The lowest BCUT2D eigenvalue weighted by Crippen LogP contribution is -2.50. The molecule has 2 aromatic heterocycles. The van der Waals surface area contributed by atoms with Gasteiger partial charge in [-0.05, 0) is 36.4 Å². The number of nitrogens with one attached hydrogen (secondary N) is 4. The first-order chi connectivity index (χ1) is 24.5. The van der Waals surface area contributed by atoms with Gasteiger partial charge in [0.2, 0.25) is 5.91 Å². The summed E-state index contributed by atoms with van der Waals surface area (Å²) in [4.78, 5) is 45.7. The van der Waals surface area contributed by atoms with Gasteiger partial charge in [0.25, 0.3) is 5.91 Å². The third-order valence-electron chi connectivity index (χ3n) is 8.48. The third-order valence-corrected chi connectivity index (χ3v) is 8.48. The summed E-state index contributed by atoms with van der Waals surface area (Å²) in [5, 5.41) is 19.1. The molecule has 0 aliphatic carbocycles. The number of anilines is 6. The highest BCUT2D eigenvalue weighted by Gasteiger charge is 2.35. The number of piperazine rings is 1. The standard InChI is InChI=1S/C34H35F3N10O4/c1-38-32(49)23-5-3-4-6-25(23)40-27-18-29(39-19-24(27)34(35,36)37)41-26-9-8-22(17-28(26)51-2)46-15-13-45(14-16-46)20-21-7-10-30(44-43-21)47-12-11-31(48)42-33(47)50/h3-10,17-19H,11-16,20H2,1-2H3,(H,38,49)(H2,39,40,41)(H,42,48,50). The van der Waals surface area contributed by atoms with E-state index in [0.717, 1.165) is 43.8 Å². The van der Waals surface area contributed by atoms with Crippen molar-refractivity contribution in [3.8, 4) is 5.75 Å². The van der Waals surface area contributed by atoms with Crippen molar-refractivity contribution >= 4 is 52.2 Å². The molecule has 17 heteroatoms. The molecule has 0 bridgehead atoms. The Bertz CT molecular complexity index is 1920. The lowest BCUT2D eigenvalue weighted by molar-refractivity contribution is -0.137. The van der Waals surface area contributed by atoms with Crippen LogP contribution in [0.2, 0.25) is 0 Å². The second-order valence-corrected chi connectivity index (χ2v) is 11.8. The SMILES string of the molecule is CNC(=O)c1ccccc1Nc1cc(Nc2ccc(N3CCN(Cc4ccc(N5CCC(=O)NC5=O)nn4)CC3)cc2OC)ncc1C(F)(F)F. The summed E-state index contributed by atoms with van der Waals surface area (Å²) in [6.07, 6.45) is -3.76. The number of nitrogens with zero attached hydrogens (tertiary/aromatic N) is 6. The van der Waals surface area contributed by atoms with Gasteiger partial charge in [0.05, 0.1) is 41.0 Å². The summed E-state index contributed by atoms with van der Waals surface area (Å²) in [7, 11) is 2.95. The molecule has 14 nitrogen and oxygen atoms in total. The van der Waals surface area contributed by atoms with Crippen molar-refractivity contribution in [2.45, 2.75) is 19.1 Å². The van der Waals surface area contributed by atoms with Crippen LogP contribution in [0, 0.1) is 0 Å². The van der Waals surface area contributed by atoms with Crippen LogP contribution in [-0.2, 0) is 17.5 Å². The highest BCUT2D eigenvalue weighted by Crippen LogP contribution is 2.39. The molecule has 0 unspecified atom stereocenters. The Labute approximate surface area is 291 Å². The van der Waals surface area contributed by atoms with Crippen LogP contribution in [0.1, 0.15) is 28.0 Å². The molecular formula is C34H35F3N10O4. The van der Waals surface area contributed by atoms with Crippen LogP contribution in [0.15, 0.2) is 66.9 Å². The fourth-order valence-electron chi connectivity index (χ4n) is 5.80. The Kier molecular flexibility index (Phi) is 10.2. The van der Waals surface area contributed by atoms with E-state index < -0.39 is 23.7 Å². The van der Waals surface area contributed by atoms with Crippen LogP contribution in [-0.4, -0.2) is 84.8 Å². The van der Waals surface area contributed by atoms with Gasteiger partial charge in [-0.15, -0.1) is 5.10 Å². The second kappa shape index (κ2) is 14.9. The van der Waals surface area contributed by atoms with Crippen LogP contribution in [0.3, 0.4) is 0 Å². The fraction of sp³-hybridized carbons (Fsp3) is 0.294. The number of hydrogen-bond donors (Lipinski definition) is 4. The number of ether oxygens (including phenoxy) is 1. The number of alkyl halides is 3. The summed E-state index contributed by atoms with van der Waals surface area (Å²) in [6.45, 7) is 3.76. The number of para-hydroxylation sites is 1. The number of urea groups is 1. The molecule has 51 heavy (non-hydrogen) atoms. The number of amides is 4. The van der Waals surface area contributed by atoms with E-state index in [2.05, 4.69) is 46.2 Å². The minimum atomic E-state index is -4.70. The summed E-state index contributed by atoms with van der Waals surface area (Å²) in [5.41, 5.74) is 1.28. The van der Waals surface area contributed by atoms with Gasteiger partial charge in [-0.3, -0.25) is 24.7 Å². The number of benzene rings is 2. The van der Waals surface area contributed by atoms with E-state index >= 15 is 0 Å². The van der Waals surface area contributed by atoms with Crippen LogP contribution in [0.5, 0.6) is 5.75 Å². The Morgan fingerprint density at radius 1 is 0.922 bits per heavy atom. The molecule has 6 rings (SSSR count). The summed E-state index contributed by atoms with van der Waals surface area (Å²) in [6, 6.07) is 16.1. The van der Waals surface area contributed by atoms with Gasteiger partial charge in [0.1, 0.15) is 11.6 Å². The zero-order chi connectivity index (χ0) is 36.1. The second-order valence-electron chi connectivity index (χ2n) is 11.8. The minimum Gasteiger partial charge on any atom is -0.494 e. The monoisotopic (exact) mass is 704 g/mol. The predicted molar refractivity (Wildman–Crippen MR) is 184 cm³/mol. The van der Waals surface area contributed by atoms with Gasteiger partial charge in [0, 0.05) is 76.8 Å². The molecule has 4 aromatic rings. The Hall–Kier alpha value is -5.97. The van der Waals surface area contributed by atoms with E-state index in [1.165, 1.54) is 37.3 Å². The van der Waals surface area contributed by atoms with Gasteiger partial charge in [0.15, 0.2) is 5.82 Å². The normalized spacial score (nSPS) is 15.3. The van der Waals surface area contributed by atoms with Crippen molar-refractivity contribution in [3.63, 3.8) is 0 Å². The first-order valence-corrected chi connectivity index (χ1v) is 16.0. The molecule has 2 saturated heterocycles. The maximum Gasteiger partial charge on any atom is 0.419 e. The summed E-state index contributed by atoms with van der Waals surface area (Å²) < 4.78 is 47.6. The van der Waals surface area contributed by atoms with E-state index in [1.54, 1.807) is 24.3 Å². The third kappa shape index (κ3) is 8.09. The average Bonchev–Trinajstić information content (AvgIpc) is 3.12. The average molecular weight is 705 g/mol. The number of imide groups is 1. The molecule has 4 heterocycles. The van der Waals surface area contributed by atoms with Gasteiger partial charge < -0.3 is 25.6 Å². The quantitative estimate of drug-likeness (QED) is 0.184. The van der Waals surface area contributed by atoms with Crippen molar-refractivity contribution in [2.75, 3.05) is 67.3 Å². The molecule has 2 aliphatic heterocycles. The Balaban J connectivity index is 1.10. The number of pyridine rings is 1. The van der Waals surface area contributed by atoms with Gasteiger partial charge >= 0.3 is 12.2 Å². The first-order valence-electron chi connectivity index (χ1n) is 16.0. The highest BCUT2D eigenvalue weighted by atomic mass is 19.4. The molecule has 4 amide bonds. The molecule has 4 N–H and O–H groups in total. The van der Waals surface area contributed by atoms with E-state index in [4.69, 9.17) is 4.74 Å². The molecule has 0 radical (unpaired) electrons. The zero-order valence-electron chi connectivity index (χ0n) is 27.8. The van der Waals surface area contributed by atoms with Crippen LogP contribution < -0.4 is 35.8 Å². The largest absolute Gasteiger partial charge is 0.494 e. The van der Waals surface area contributed by atoms with Crippen molar-refractivity contribution in [1.82, 2.24) is 30.7 Å². The van der Waals surface area contributed by atoms with Crippen molar-refractivity contribution in [2.24, 2.45) is 0 Å². The number of methoxy groups -OCH3 is 1. The highest BCUT2D eigenvalue weighted by molar-refractivity contribution is 6.05. The van der Waals surface area contributed by atoms with E-state index in [0.29, 0.717) is 23.8 Å². The molecule has 266 valence electrons. The molecule has 2 aromatic carbocycles. The van der Waals surface area contributed by atoms with Crippen LogP contribution in [0.4, 0.5) is 52.4 Å². The van der Waals surface area contributed by atoms with Crippen molar-refractivity contribution in [1.29, 1.82) is 0 Å². The Morgan fingerprint density at radius 3 is 2.39 bits per heavy atom. The number of aromatic nitrogens is 3. The maximum absolute atomic E-state index is 14.0. The topological polar surface area (TPSA) is 157 Å². The Morgan fingerprint density at radius 2 is 1.71 bits per heavy atom. The van der Waals surface area contributed by atoms with E-state index in [1.807, 2.05) is 18.2 Å². The molecule has 0 spiro atoms. The lowest BCUT2D eigenvalue weighted by Gasteiger charge is -2.36. The fourth-order valence-corrected chi connectivity index (χ4v) is 5.80. The van der Waals surface area contributed by atoms with Crippen molar-refractivity contribution < 1.29 is 32.3 Å². The van der Waals surface area contributed by atoms with Crippen LogP contribution in [0.25, 0.3) is 0 Å². The number of carbonyl (C=O) groups excluding carboxylic acids is 3. The number of hydrogen-bond acceptors (Lipinski definition) is 11. The van der Waals surface area contributed by atoms with E-state index in [9.17, 15) is 27.6 Å². The molecular weight excluding hydrogens is 669 g/mol. The summed E-state index contributed by atoms with van der Waals surface area (Å²) in [5.74, 6) is 0.228. The predicted octanol–water partition coefficient (Wildman–Crippen LogP) is 4.51. The maximum atomic E-state index is 14.0. The smallest absolute Gasteiger partial charge is 0.419 e. The van der Waals surface area contributed by atoms with E-state index in [-0.39, 0.29) is 41.6 Å². The molecule has 2 fully saturated rings. The number of halogens is 3. The zero-order valence-corrected chi connectivity index (χ0v) is 27.8. The van der Waals surface area contributed by atoms with Gasteiger partial charge in [-0.1, -0.05) is 12.1 Å². The lowest BCUT2D eigenvalue weighted by atomic mass is 10.1. The number of carbonyl (C=O) groups is 3. The van der Waals surface area contributed by atoms with Gasteiger partial charge in [-0.25, -0.2) is 9.78 Å². The number of rotatable bonds is 10. The van der Waals surface area contributed by atoms with Crippen LogP contribution >= 0.6 is 0 Å². The molecule has 0 saturated carbocycles. The van der Waals surface area contributed by atoms with Gasteiger partial charge in [-0.2, -0.15) is 18.3 Å². The first kappa shape index (κ1) is 34.9. The van der Waals surface area contributed by atoms with Crippen molar-refractivity contribution in [3.05, 3.63) is 83.7 Å². The minimum absolute atomic E-state index is 0.132. The molecule has 0 atom stereocenters.